The minimum absolute atomic E-state index is 0.315. The van der Waals surface area contributed by atoms with Crippen LogP contribution < -0.4 is 5.73 Å². The predicted octanol–water partition coefficient (Wildman–Crippen LogP) is 3.90. The Hall–Kier alpha value is -2.88. The lowest BCUT2D eigenvalue weighted by atomic mass is 10.1. The molecule has 0 saturated carbocycles. The first-order valence-electron chi connectivity index (χ1n) is 6.66. The van der Waals surface area contributed by atoms with Crippen LogP contribution in [0.15, 0.2) is 60.7 Å². The van der Waals surface area contributed by atoms with Gasteiger partial charge in [0.2, 0.25) is 5.95 Å². The summed E-state index contributed by atoms with van der Waals surface area (Å²) < 4.78 is 15.2. The van der Waals surface area contributed by atoms with Gasteiger partial charge in [0.25, 0.3) is 0 Å². The molecule has 0 bridgehead atoms. The molecule has 0 aliphatic carbocycles. The summed E-state index contributed by atoms with van der Waals surface area (Å²) >= 11 is 0. The number of nitrogens with two attached hydrogens (primary N) is 1. The molecular weight excluding hydrogens is 265 g/mol. The van der Waals surface area contributed by atoms with E-state index in [9.17, 15) is 4.39 Å². The molecule has 0 aliphatic rings. The normalized spacial score (nSPS) is 11.3. The van der Waals surface area contributed by atoms with Gasteiger partial charge in [0.15, 0.2) is 0 Å². The van der Waals surface area contributed by atoms with Gasteiger partial charge in [-0.05, 0) is 23.6 Å². The van der Waals surface area contributed by atoms with Gasteiger partial charge in [-0.3, -0.25) is 4.57 Å². The molecule has 0 spiro atoms. The molecule has 2 N–H and O–H groups in total. The second-order valence-electron chi connectivity index (χ2n) is 4.94. The lowest BCUT2D eigenvalue weighted by molar-refractivity contribution is 0.629. The number of nitrogen functional groups attached to an aromatic ring is 1. The summed E-state index contributed by atoms with van der Waals surface area (Å²) in [6.07, 6.45) is 0. The van der Waals surface area contributed by atoms with Crippen LogP contribution in [0.25, 0.3) is 27.5 Å². The number of anilines is 1. The van der Waals surface area contributed by atoms with E-state index in [0.29, 0.717) is 11.5 Å². The molecule has 1 aromatic heterocycles. The molecule has 4 aromatic rings. The molecule has 0 radical (unpaired) electrons. The second kappa shape index (κ2) is 4.31. The van der Waals surface area contributed by atoms with E-state index in [2.05, 4.69) is 4.98 Å². The van der Waals surface area contributed by atoms with Crippen molar-refractivity contribution in [3.8, 4) is 5.69 Å². The highest BCUT2D eigenvalue weighted by molar-refractivity contribution is 5.93. The molecule has 0 amide bonds. The van der Waals surface area contributed by atoms with E-state index >= 15 is 0 Å². The fourth-order valence-electron chi connectivity index (χ4n) is 2.73. The highest BCUT2D eigenvalue weighted by Gasteiger charge is 2.12. The third-order valence-corrected chi connectivity index (χ3v) is 3.65. The van der Waals surface area contributed by atoms with Crippen molar-refractivity contribution >= 4 is 27.8 Å². The largest absolute Gasteiger partial charge is 0.369 e. The first-order chi connectivity index (χ1) is 10.2. The zero-order chi connectivity index (χ0) is 14.4. The molecule has 0 saturated heterocycles. The maximum Gasteiger partial charge on any atom is 0.205 e. The van der Waals surface area contributed by atoms with Crippen LogP contribution in [0.2, 0.25) is 0 Å². The van der Waals surface area contributed by atoms with Crippen LogP contribution in [-0.4, -0.2) is 9.55 Å². The topological polar surface area (TPSA) is 43.8 Å². The number of hydrogen-bond donors (Lipinski definition) is 1. The molecule has 21 heavy (non-hydrogen) atoms. The molecule has 0 aliphatic heterocycles. The van der Waals surface area contributed by atoms with E-state index in [1.54, 1.807) is 6.07 Å². The summed E-state index contributed by atoms with van der Waals surface area (Å²) in [6.45, 7) is 0. The molecule has 0 atom stereocenters. The van der Waals surface area contributed by atoms with Crippen LogP contribution in [0.1, 0.15) is 0 Å². The number of halogens is 1. The van der Waals surface area contributed by atoms with Crippen molar-refractivity contribution < 1.29 is 4.39 Å². The fourth-order valence-corrected chi connectivity index (χ4v) is 2.73. The van der Waals surface area contributed by atoms with Crippen LogP contribution in [0.4, 0.5) is 10.3 Å². The van der Waals surface area contributed by atoms with Crippen molar-refractivity contribution in [2.75, 3.05) is 5.73 Å². The van der Waals surface area contributed by atoms with Crippen LogP contribution in [0, 0.1) is 5.82 Å². The van der Waals surface area contributed by atoms with Crippen molar-refractivity contribution in [1.82, 2.24) is 9.55 Å². The Kier molecular flexibility index (Phi) is 2.44. The van der Waals surface area contributed by atoms with Crippen molar-refractivity contribution in [3.05, 3.63) is 66.5 Å². The summed E-state index contributed by atoms with van der Waals surface area (Å²) in [5.41, 5.74) is 8.35. The Balaban J connectivity index is 2.11. The Bertz CT molecular complexity index is 967. The third kappa shape index (κ3) is 1.76. The monoisotopic (exact) mass is 277 g/mol. The van der Waals surface area contributed by atoms with Crippen LogP contribution >= 0.6 is 0 Å². The van der Waals surface area contributed by atoms with Gasteiger partial charge in [-0.25, -0.2) is 9.37 Å². The van der Waals surface area contributed by atoms with Gasteiger partial charge < -0.3 is 5.73 Å². The minimum Gasteiger partial charge on any atom is -0.369 e. The molecular formula is C17H12FN3. The average molecular weight is 277 g/mol. The molecule has 4 rings (SSSR count). The molecule has 4 heteroatoms. The third-order valence-electron chi connectivity index (χ3n) is 3.65. The molecule has 3 nitrogen and oxygen atoms in total. The fraction of sp³-hybridized carbons (Fsp3) is 0. The van der Waals surface area contributed by atoms with E-state index in [4.69, 9.17) is 5.73 Å². The van der Waals surface area contributed by atoms with E-state index < -0.39 is 0 Å². The predicted molar refractivity (Wildman–Crippen MR) is 82.9 cm³/mol. The van der Waals surface area contributed by atoms with Crippen LogP contribution in [-0.2, 0) is 0 Å². The first kappa shape index (κ1) is 11.9. The number of aromatic nitrogens is 2. The van der Waals surface area contributed by atoms with Crippen molar-refractivity contribution in [2.45, 2.75) is 0 Å². The molecule has 0 fully saturated rings. The Morgan fingerprint density at radius 1 is 0.952 bits per heavy atom. The Morgan fingerprint density at radius 2 is 1.76 bits per heavy atom. The van der Waals surface area contributed by atoms with Gasteiger partial charge in [0.05, 0.1) is 16.7 Å². The lowest BCUT2D eigenvalue weighted by Gasteiger charge is -2.10. The smallest absolute Gasteiger partial charge is 0.205 e. The van der Waals surface area contributed by atoms with Crippen molar-refractivity contribution in [1.29, 1.82) is 0 Å². The highest BCUT2D eigenvalue weighted by atomic mass is 19.1. The summed E-state index contributed by atoms with van der Waals surface area (Å²) in [5, 5.41) is 2.20. The molecule has 102 valence electrons. The van der Waals surface area contributed by atoms with E-state index in [0.717, 1.165) is 22.0 Å². The average Bonchev–Trinajstić information content (AvgIpc) is 2.81. The van der Waals surface area contributed by atoms with Crippen molar-refractivity contribution in [2.24, 2.45) is 0 Å². The quantitative estimate of drug-likeness (QED) is 0.573. The first-order valence-corrected chi connectivity index (χ1v) is 6.66. The zero-order valence-electron chi connectivity index (χ0n) is 11.1. The number of imidazole rings is 1. The van der Waals surface area contributed by atoms with Gasteiger partial charge in [-0.15, -0.1) is 0 Å². The van der Waals surface area contributed by atoms with Crippen LogP contribution in [0.5, 0.6) is 0 Å². The van der Waals surface area contributed by atoms with Gasteiger partial charge in [-0.2, -0.15) is 0 Å². The number of fused-ring (bicyclic) bond motifs is 2. The summed E-state index contributed by atoms with van der Waals surface area (Å²) in [6, 6.07) is 18.6. The summed E-state index contributed by atoms with van der Waals surface area (Å²) in [5.74, 6) is 0.0389. The van der Waals surface area contributed by atoms with E-state index in [1.807, 2.05) is 47.0 Å². The minimum atomic E-state index is -0.315. The maximum atomic E-state index is 13.3. The lowest BCUT2D eigenvalue weighted by Crippen LogP contribution is -2.01. The Labute approximate surface area is 120 Å². The maximum absolute atomic E-state index is 13.3. The van der Waals surface area contributed by atoms with Crippen LogP contribution in [0.3, 0.4) is 0 Å². The van der Waals surface area contributed by atoms with E-state index in [-0.39, 0.29) is 5.82 Å². The van der Waals surface area contributed by atoms with Gasteiger partial charge >= 0.3 is 0 Å². The molecule has 1 heterocycles. The van der Waals surface area contributed by atoms with Crippen molar-refractivity contribution in [3.63, 3.8) is 0 Å². The van der Waals surface area contributed by atoms with Gasteiger partial charge in [-0.1, -0.05) is 36.4 Å². The number of rotatable bonds is 1. The summed E-state index contributed by atoms with van der Waals surface area (Å²) in [4.78, 5) is 4.26. The molecule has 0 unspecified atom stereocenters. The number of nitrogens with zero attached hydrogens (tertiary/aromatic N) is 2. The highest BCUT2D eigenvalue weighted by Crippen LogP contribution is 2.28. The molecule has 3 aromatic carbocycles. The number of hydrogen-bond acceptors (Lipinski definition) is 2. The number of benzene rings is 3. The van der Waals surface area contributed by atoms with E-state index in [1.165, 1.54) is 12.1 Å². The van der Waals surface area contributed by atoms with Gasteiger partial charge in [0, 0.05) is 11.5 Å². The second-order valence-corrected chi connectivity index (χ2v) is 4.94. The zero-order valence-corrected chi connectivity index (χ0v) is 11.1. The summed E-state index contributed by atoms with van der Waals surface area (Å²) in [7, 11) is 0. The Morgan fingerprint density at radius 3 is 2.67 bits per heavy atom. The SMILES string of the molecule is Nc1nc2cc(F)ccc2n1-c1cccc2ccccc12. The van der Waals surface area contributed by atoms with Gasteiger partial charge in [0.1, 0.15) is 5.82 Å². The standard InChI is InChI=1S/C17H12FN3/c18-12-8-9-16-14(10-12)20-17(19)21(16)15-7-3-5-11-4-1-2-6-13(11)15/h1-10H,(H2,19,20).